The Balaban J connectivity index is 2.30. The van der Waals surface area contributed by atoms with E-state index in [4.69, 9.17) is 4.55 Å². The first-order valence-electron chi connectivity index (χ1n) is 11.1. The summed E-state index contributed by atoms with van der Waals surface area (Å²) in [6.07, 6.45) is 0.702. The summed E-state index contributed by atoms with van der Waals surface area (Å²) in [7, 11) is -20.0. The summed E-state index contributed by atoms with van der Waals surface area (Å²) in [4.78, 5) is 17.4. The maximum Gasteiger partial charge on any atom is 0.397 e. The van der Waals surface area contributed by atoms with Gasteiger partial charge in [0.05, 0.1) is 41.0 Å². The smallest absolute Gasteiger partial charge is 0.397 e. The number of nitrogens with zero attached hydrogens (tertiary/aromatic N) is 5. The number of nitro benzene ring substituents is 2. The van der Waals surface area contributed by atoms with Gasteiger partial charge in [-0.15, -0.1) is 10.2 Å². The standard InChI is InChI=1S/C19H17N5O17S4/c1-42(30,31)22(4-5-41-45(38,39)40)11-2-3-13-10(6-11)7-15(43(32,33)34)18(19(13)25)21-20-17-14(24(28)29)8-12(23(26)27)9-16(17)44(35,36)37/h2-3,6-9,25H,4-5H2,1H3,(H,32,33,34)(H,35,36,37)(H,38,39,40). The minimum absolute atomic E-state index is 0.191. The lowest BCUT2D eigenvalue weighted by Gasteiger charge is -2.22. The van der Waals surface area contributed by atoms with E-state index >= 15 is 0 Å². The number of hydrogen-bond donors (Lipinski definition) is 4. The van der Waals surface area contributed by atoms with Crippen molar-refractivity contribution in [3.8, 4) is 5.75 Å². The highest BCUT2D eigenvalue weighted by Crippen LogP contribution is 2.44. The third kappa shape index (κ3) is 8.19. The molecule has 0 radical (unpaired) electrons. The zero-order valence-corrected chi connectivity index (χ0v) is 25.1. The molecule has 3 rings (SSSR count). The molecular formula is C19H17N5O17S4. The summed E-state index contributed by atoms with van der Waals surface area (Å²) in [5.74, 6) is -1.12. The van der Waals surface area contributed by atoms with Crippen LogP contribution in [0, 0.1) is 20.2 Å². The lowest BCUT2D eigenvalue weighted by atomic mass is 10.1. The number of phenols is 1. The molecule has 4 N–H and O–H groups in total. The molecule has 0 saturated heterocycles. The Labute approximate surface area is 252 Å². The van der Waals surface area contributed by atoms with E-state index in [0.29, 0.717) is 16.6 Å². The monoisotopic (exact) mass is 715 g/mol. The molecule has 3 aromatic rings. The second-order valence-electron chi connectivity index (χ2n) is 8.54. The lowest BCUT2D eigenvalue weighted by molar-refractivity contribution is -0.394. The van der Waals surface area contributed by atoms with E-state index in [1.54, 1.807) is 0 Å². The highest BCUT2D eigenvalue weighted by Gasteiger charge is 2.31. The van der Waals surface area contributed by atoms with E-state index in [0.717, 1.165) is 18.2 Å². The molecule has 0 aliphatic carbocycles. The normalized spacial score (nSPS) is 12.9. The second kappa shape index (κ2) is 12.2. The Kier molecular flexibility index (Phi) is 9.47. The SMILES string of the molecule is CS(=O)(=O)N(CCOS(=O)(=O)O)c1ccc2c(O)c(N=Nc3c([N+](=O)[O-])cc([N+](=O)[O-])cc3S(=O)(=O)O)c(S(=O)(=O)O)cc2c1. The van der Waals surface area contributed by atoms with E-state index < -0.39 is 102 Å². The third-order valence-corrected chi connectivity index (χ3v) is 8.90. The number of fused-ring (bicyclic) bond motifs is 1. The van der Waals surface area contributed by atoms with Crippen LogP contribution in [0.4, 0.5) is 28.4 Å². The van der Waals surface area contributed by atoms with Crippen molar-refractivity contribution in [3.63, 3.8) is 0 Å². The number of phenolic OH excluding ortho intramolecular Hbond substituents is 1. The molecular weight excluding hydrogens is 698 g/mol. The van der Waals surface area contributed by atoms with Crippen molar-refractivity contribution >= 4 is 79.9 Å². The van der Waals surface area contributed by atoms with Crippen molar-refractivity contribution in [3.05, 3.63) is 56.6 Å². The molecule has 0 aliphatic rings. The number of rotatable bonds is 12. The Morgan fingerprint density at radius 3 is 1.87 bits per heavy atom. The van der Waals surface area contributed by atoms with Gasteiger partial charge in [0, 0.05) is 11.5 Å². The molecule has 0 amide bonds. The van der Waals surface area contributed by atoms with Gasteiger partial charge in [-0.05, 0) is 29.7 Å². The van der Waals surface area contributed by atoms with Crippen LogP contribution >= 0.6 is 0 Å². The van der Waals surface area contributed by atoms with Gasteiger partial charge in [0.2, 0.25) is 10.0 Å². The van der Waals surface area contributed by atoms with Gasteiger partial charge in [-0.3, -0.25) is 38.2 Å². The predicted molar refractivity (Wildman–Crippen MR) is 149 cm³/mol. The number of benzene rings is 3. The maximum atomic E-state index is 12.3. The van der Waals surface area contributed by atoms with Crippen LogP contribution in [0.25, 0.3) is 10.8 Å². The molecule has 3 aromatic carbocycles. The van der Waals surface area contributed by atoms with Crippen LogP contribution in [-0.2, 0) is 44.8 Å². The maximum absolute atomic E-state index is 12.3. The zero-order chi connectivity index (χ0) is 34.3. The van der Waals surface area contributed by atoms with Crippen LogP contribution in [0.2, 0.25) is 0 Å². The number of azo groups is 1. The molecule has 26 heteroatoms. The summed E-state index contributed by atoms with van der Waals surface area (Å²) in [6, 6.07) is 4.05. The van der Waals surface area contributed by atoms with Crippen LogP contribution in [0.3, 0.4) is 0 Å². The largest absolute Gasteiger partial charge is 0.505 e. The van der Waals surface area contributed by atoms with Crippen molar-refractivity contribution in [1.29, 1.82) is 0 Å². The summed E-state index contributed by atoms with van der Waals surface area (Å²) >= 11 is 0. The molecule has 22 nitrogen and oxygen atoms in total. The van der Waals surface area contributed by atoms with Gasteiger partial charge in [-0.1, -0.05) is 0 Å². The molecule has 0 spiro atoms. The van der Waals surface area contributed by atoms with Crippen molar-refractivity contribution in [2.24, 2.45) is 10.2 Å². The molecule has 0 fully saturated rings. The summed E-state index contributed by atoms with van der Waals surface area (Å²) < 4.78 is 127. The molecule has 244 valence electrons. The number of non-ortho nitro benzene ring substituents is 1. The molecule has 0 saturated carbocycles. The lowest BCUT2D eigenvalue weighted by Crippen LogP contribution is -2.33. The first-order chi connectivity index (χ1) is 20.4. The molecule has 0 aromatic heterocycles. The zero-order valence-electron chi connectivity index (χ0n) is 21.8. The average Bonchev–Trinajstić information content (AvgIpc) is 2.87. The molecule has 0 aliphatic heterocycles. The van der Waals surface area contributed by atoms with Crippen molar-refractivity contribution in [2.45, 2.75) is 9.79 Å². The summed E-state index contributed by atoms with van der Waals surface area (Å²) in [5, 5.41) is 39.5. The Morgan fingerprint density at radius 2 is 1.38 bits per heavy atom. The highest BCUT2D eigenvalue weighted by atomic mass is 32.3. The fourth-order valence-corrected chi connectivity index (χ4v) is 6.23. The van der Waals surface area contributed by atoms with Gasteiger partial charge in [0.1, 0.15) is 15.5 Å². The van der Waals surface area contributed by atoms with Crippen LogP contribution in [-0.4, -0.2) is 81.7 Å². The summed E-state index contributed by atoms with van der Waals surface area (Å²) in [6.45, 7) is -1.57. The number of hydrogen-bond acceptors (Lipinski definition) is 16. The Hall–Kier alpha value is -4.44. The third-order valence-electron chi connectivity index (χ3n) is 5.50. The first-order valence-corrected chi connectivity index (χ1v) is 17.2. The van der Waals surface area contributed by atoms with E-state index in [9.17, 15) is 68.1 Å². The van der Waals surface area contributed by atoms with Crippen LogP contribution < -0.4 is 4.31 Å². The molecule has 45 heavy (non-hydrogen) atoms. The van der Waals surface area contributed by atoms with Crippen molar-refractivity contribution in [2.75, 3.05) is 23.7 Å². The minimum atomic E-state index is -5.48. The van der Waals surface area contributed by atoms with Crippen LogP contribution in [0.1, 0.15) is 0 Å². The number of nitro groups is 2. The van der Waals surface area contributed by atoms with Crippen molar-refractivity contribution in [1.82, 2.24) is 0 Å². The molecule has 0 atom stereocenters. The van der Waals surface area contributed by atoms with Gasteiger partial charge in [-0.2, -0.15) is 25.3 Å². The van der Waals surface area contributed by atoms with Crippen LogP contribution in [0.15, 0.2) is 56.4 Å². The van der Waals surface area contributed by atoms with Gasteiger partial charge in [-0.25, -0.2) is 12.6 Å². The highest BCUT2D eigenvalue weighted by molar-refractivity contribution is 7.92. The quantitative estimate of drug-likeness (QED) is 0.0899. The molecule has 0 heterocycles. The summed E-state index contributed by atoms with van der Waals surface area (Å²) in [5.41, 5.74) is -5.30. The van der Waals surface area contributed by atoms with Gasteiger partial charge >= 0.3 is 16.1 Å². The van der Waals surface area contributed by atoms with Gasteiger partial charge in [0.15, 0.2) is 11.4 Å². The predicted octanol–water partition coefficient (Wildman–Crippen LogP) is 1.86. The number of sulfonamides is 1. The van der Waals surface area contributed by atoms with E-state index in [-0.39, 0.29) is 28.6 Å². The Bertz CT molecular complexity index is 2220. The number of anilines is 1. The Morgan fingerprint density at radius 1 is 0.822 bits per heavy atom. The van der Waals surface area contributed by atoms with E-state index in [1.807, 2.05) is 0 Å². The second-order valence-corrected chi connectivity index (χ2v) is 14.3. The van der Waals surface area contributed by atoms with E-state index in [1.165, 1.54) is 0 Å². The topological polar surface area (TPSA) is 341 Å². The number of aromatic hydroxyl groups is 1. The van der Waals surface area contributed by atoms with Crippen molar-refractivity contribution < 1.29 is 66.5 Å². The molecule has 0 bridgehead atoms. The molecule has 0 unspecified atom stereocenters. The fraction of sp³-hybridized carbons (Fsp3) is 0.158. The van der Waals surface area contributed by atoms with E-state index in [2.05, 4.69) is 14.4 Å². The van der Waals surface area contributed by atoms with Gasteiger partial charge < -0.3 is 5.11 Å². The van der Waals surface area contributed by atoms with Crippen LogP contribution in [0.5, 0.6) is 5.75 Å². The average molecular weight is 716 g/mol. The minimum Gasteiger partial charge on any atom is -0.505 e. The van der Waals surface area contributed by atoms with Gasteiger partial charge in [0.25, 0.3) is 25.9 Å². The fourth-order valence-electron chi connectivity index (χ4n) is 3.72. The first kappa shape index (κ1) is 35.0.